The number of carbonyl (C=O) groups excluding carboxylic acids is 1. The first-order valence-electron chi connectivity index (χ1n) is 6.01. The molecule has 1 aliphatic heterocycles. The average molecular weight is 249 g/mol. The highest BCUT2D eigenvalue weighted by molar-refractivity contribution is 5.81. The molecule has 1 unspecified atom stereocenters. The predicted octanol–water partition coefficient (Wildman–Crippen LogP) is 2.09. The SMILES string of the molecule is COc1cccc(C2CC(=O)NC2(C)C)c1OC. The van der Waals surface area contributed by atoms with Crippen LogP contribution in [0.5, 0.6) is 11.5 Å². The zero-order valence-electron chi connectivity index (χ0n) is 11.2. The molecular formula is C14H19NO3. The summed E-state index contributed by atoms with van der Waals surface area (Å²) in [6, 6.07) is 5.78. The number of hydrogen-bond donors (Lipinski definition) is 1. The van der Waals surface area contributed by atoms with Gasteiger partial charge >= 0.3 is 0 Å². The summed E-state index contributed by atoms with van der Waals surface area (Å²) in [6.45, 7) is 4.06. The fourth-order valence-electron chi connectivity index (χ4n) is 2.62. The van der Waals surface area contributed by atoms with Crippen molar-refractivity contribution in [1.29, 1.82) is 0 Å². The molecule has 1 heterocycles. The van der Waals surface area contributed by atoms with Crippen molar-refractivity contribution in [3.05, 3.63) is 23.8 Å². The Bertz CT molecular complexity index is 468. The quantitative estimate of drug-likeness (QED) is 0.892. The van der Waals surface area contributed by atoms with Gasteiger partial charge in [-0.1, -0.05) is 12.1 Å². The molecule has 1 fully saturated rings. The van der Waals surface area contributed by atoms with E-state index in [0.29, 0.717) is 12.2 Å². The lowest BCUT2D eigenvalue weighted by Gasteiger charge is -2.28. The van der Waals surface area contributed by atoms with E-state index in [0.717, 1.165) is 11.3 Å². The molecule has 98 valence electrons. The summed E-state index contributed by atoms with van der Waals surface area (Å²) in [4.78, 5) is 11.6. The van der Waals surface area contributed by atoms with Crippen molar-refractivity contribution in [1.82, 2.24) is 5.32 Å². The molecule has 1 aliphatic rings. The van der Waals surface area contributed by atoms with E-state index in [9.17, 15) is 4.79 Å². The molecular weight excluding hydrogens is 230 g/mol. The third-order valence-corrected chi connectivity index (χ3v) is 3.53. The van der Waals surface area contributed by atoms with Crippen molar-refractivity contribution in [2.45, 2.75) is 31.7 Å². The Hall–Kier alpha value is -1.71. The Morgan fingerprint density at radius 1 is 1.28 bits per heavy atom. The molecule has 1 N–H and O–H groups in total. The molecule has 0 spiro atoms. The lowest BCUT2D eigenvalue weighted by molar-refractivity contribution is -0.119. The van der Waals surface area contributed by atoms with Crippen LogP contribution in [0.3, 0.4) is 0 Å². The zero-order valence-corrected chi connectivity index (χ0v) is 11.2. The summed E-state index contributed by atoms with van der Waals surface area (Å²) in [5.41, 5.74) is 0.747. The van der Waals surface area contributed by atoms with Gasteiger partial charge < -0.3 is 14.8 Å². The first kappa shape index (κ1) is 12.7. The van der Waals surface area contributed by atoms with Gasteiger partial charge in [0.15, 0.2) is 11.5 Å². The lowest BCUT2D eigenvalue weighted by Crippen LogP contribution is -2.38. The third-order valence-electron chi connectivity index (χ3n) is 3.53. The number of amides is 1. The maximum atomic E-state index is 11.6. The molecule has 4 nitrogen and oxygen atoms in total. The number of rotatable bonds is 3. The maximum Gasteiger partial charge on any atom is 0.221 e. The highest BCUT2D eigenvalue weighted by Crippen LogP contribution is 2.43. The fraction of sp³-hybridized carbons (Fsp3) is 0.500. The molecule has 0 aliphatic carbocycles. The Morgan fingerprint density at radius 3 is 2.50 bits per heavy atom. The Morgan fingerprint density at radius 2 is 2.00 bits per heavy atom. The van der Waals surface area contributed by atoms with Crippen molar-refractivity contribution in [3.8, 4) is 11.5 Å². The van der Waals surface area contributed by atoms with Crippen LogP contribution >= 0.6 is 0 Å². The molecule has 1 atom stereocenters. The number of ether oxygens (including phenoxy) is 2. The monoisotopic (exact) mass is 249 g/mol. The normalized spacial score (nSPS) is 21.6. The molecule has 1 aromatic rings. The summed E-state index contributed by atoms with van der Waals surface area (Å²) >= 11 is 0. The van der Waals surface area contributed by atoms with Gasteiger partial charge in [-0.25, -0.2) is 0 Å². The highest BCUT2D eigenvalue weighted by Gasteiger charge is 2.41. The summed E-state index contributed by atoms with van der Waals surface area (Å²) in [7, 11) is 3.24. The van der Waals surface area contributed by atoms with Crippen molar-refractivity contribution >= 4 is 5.91 Å². The molecule has 1 saturated heterocycles. The fourth-order valence-corrected chi connectivity index (χ4v) is 2.62. The van der Waals surface area contributed by atoms with E-state index in [2.05, 4.69) is 5.32 Å². The second-order valence-electron chi connectivity index (χ2n) is 5.11. The van der Waals surface area contributed by atoms with Crippen LogP contribution in [0.25, 0.3) is 0 Å². The van der Waals surface area contributed by atoms with E-state index in [1.54, 1.807) is 14.2 Å². The van der Waals surface area contributed by atoms with Crippen LogP contribution in [-0.4, -0.2) is 25.7 Å². The van der Waals surface area contributed by atoms with Crippen molar-refractivity contribution in [3.63, 3.8) is 0 Å². The molecule has 0 aromatic heterocycles. The van der Waals surface area contributed by atoms with Gasteiger partial charge in [0.2, 0.25) is 5.91 Å². The number of methoxy groups -OCH3 is 2. The van der Waals surface area contributed by atoms with E-state index in [1.165, 1.54) is 0 Å². The first-order chi connectivity index (χ1) is 8.49. The van der Waals surface area contributed by atoms with E-state index in [-0.39, 0.29) is 17.4 Å². The Kier molecular flexibility index (Phi) is 3.20. The molecule has 18 heavy (non-hydrogen) atoms. The smallest absolute Gasteiger partial charge is 0.221 e. The predicted molar refractivity (Wildman–Crippen MR) is 69.1 cm³/mol. The molecule has 1 aromatic carbocycles. The number of nitrogens with one attached hydrogen (secondary N) is 1. The average Bonchev–Trinajstić information content (AvgIpc) is 2.61. The Balaban J connectivity index is 2.48. The summed E-state index contributed by atoms with van der Waals surface area (Å²) in [5.74, 6) is 1.59. The first-order valence-corrected chi connectivity index (χ1v) is 6.01. The number of carbonyl (C=O) groups is 1. The van der Waals surface area contributed by atoms with E-state index < -0.39 is 0 Å². The van der Waals surface area contributed by atoms with Crippen LogP contribution in [0.4, 0.5) is 0 Å². The van der Waals surface area contributed by atoms with Crippen molar-refractivity contribution in [2.75, 3.05) is 14.2 Å². The van der Waals surface area contributed by atoms with Gasteiger partial charge in [-0.05, 0) is 19.9 Å². The van der Waals surface area contributed by atoms with Crippen molar-refractivity contribution in [2.24, 2.45) is 0 Å². The van der Waals surface area contributed by atoms with Crippen molar-refractivity contribution < 1.29 is 14.3 Å². The van der Waals surface area contributed by atoms with Gasteiger partial charge in [0, 0.05) is 23.4 Å². The van der Waals surface area contributed by atoms with E-state index in [4.69, 9.17) is 9.47 Å². The van der Waals surface area contributed by atoms with Crippen LogP contribution in [0.15, 0.2) is 18.2 Å². The summed E-state index contributed by atoms with van der Waals surface area (Å²) in [5, 5.41) is 3.00. The minimum Gasteiger partial charge on any atom is -0.493 e. The number of hydrogen-bond acceptors (Lipinski definition) is 3. The molecule has 0 radical (unpaired) electrons. The second kappa shape index (κ2) is 4.52. The van der Waals surface area contributed by atoms with Gasteiger partial charge in [0.1, 0.15) is 0 Å². The lowest BCUT2D eigenvalue weighted by atomic mass is 9.82. The standard InChI is InChI=1S/C14H19NO3/c1-14(2)10(8-12(16)15-14)9-6-5-7-11(17-3)13(9)18-4/h5-7,10H,8H2,1-4H3,(H,15,16). The second-order valence-corrected chi connectivity index (χ2v) is 5.11. The van der Waals surface area contributed by atoms with Crippen LogP contribution in [-0.2, 0) is 4.79 Å². The summed E-state index contributed by atoms with van der Waals surface area (Å²) in [6.07, 6.45) is 0.483. The third kappa shape index (κ3) is 2.03. The molecule has 0 bridgehead atoms. The molecule has 2 rings (SSSR count). The van der Waals surface area contributed by atoms with Crippen LogP contribution < -0.4 is 14.8 Å². The molecule has 1 amide bonds. The number of benzene rings is 1. The summed E-state index contributed by atoms with van der Waals surface area (Å²) < 4.78 is 10.7. The topological polar surface area (TPSA) is 47.6 Å². The Labute approximate surface area is 107 Å². The van der Waals surface area contributed by atoms with Gasteiger partial charge in [0.25, 0.3) is 0 Å². The van der Waals surface area contributed by atoms with Crippen LogP contribution in [0.2, 0.25) is 0 Å². The largest absolute Gasteiger partial charge is 0.493 e. The number of para-hydroxylation sites is 1. The van der Waals surface area contributed by atoms with Gasteiger partial charge in [-0.15, -0.1) is 0 Å². The minimum absolute atomic E-state index is 0.0786. The van der Waals surface area contributed by atoms with Crippen LogP contribution in [0, 0.1) is 0 Å². The highest BCUT2D eigenvalue weighted by atomic mass is 16.5. The van der Waals surface area contributed by atoms with Gasteiger partial charge in [-0.3, -0.25) is 4.79 Å². The minimum atomic E-state index is -0.267. The molecule has 4 heteroatoms. The van der Waals surface area contributed by atoms with Crippen LogP contribution in [0.1, 0.15) is 31.7 Å². The van der Waals surface area contributed by atoms with E-state index in [1.807, 2.05) is 32.0 Å². The maximum absolute atomic E-state index is 11.6. The molecule has 0 saturated carbocycles. The zero-order chi connectivity index (χ0) is 13.3. The van der Waals surface area contributed by atoms with Gasteiger partial charge in [0.05, 0.1) is 14.2 Å². The van der Waals surface area contributed by atoms with E-state index >= 15 is 0 Å². The van der Waals surface area contributed by atoms with Gasteiger partial charge in [-0.2, -0.15) is 0 Å².